The minimum Gasteiger partial charge on any atom is -0.507 e. The van der Waals surface area contributed by atoms with Gasteiger partial charge in [-0.05, 0) is 72.2 Å². The van der Waals surface area contributed by atoms with Crippen molar-refractivity contribution in [3.63, 3.8) is 0 Å². The van der Waals surface area contributed by atoms with Crippen LogP contribution in [0, 0.1) is 0 Å². The Hall–Kier alpha value is -4.06. The highest BCUT2D eigenvalue weighted by molar-refractivity contribution is 6.51. The average molecular weight is 542 g/mol. The second-order valence-corrected chi connectivity index (χ2v) is 11.3. The molecule has 4 rings (SSSR count). The van der Waals surface area contributed by atoms with Gasteiger partial charge in [0.25, 0.3) is 11.7 Å². The summed E-state index contributed by atoms with van der Waals surface area (Å²) in [5.41, 5.74) is 3.73. The van der Waals surface area contributed by atoms with E-state index in [1.165, 1.54) is 4.90 Å². The summed E-state index contributed by atoms with van der Waals surface area (Å²) in [6.45, 7) is 15.3. The number of amides is 1. The summed E-state index contributed by atoms with van der Waals surface area (Å²) in [5.74, 6) is -0.192. The van der Waals surface area contributed by atoms with Gasteiger partial charge in [-0.1, -0.05) is 65.0 Å². The molecule has 1 N–H and O–H groups in total. The molecule has 1 fully saturated rings. The first-order valence-electron chi connectivity index (χ1n) is 13.9. The third-order valence-electron chi connectivity index (χ3n) is 7.15. The fourth-order valence-electron chi connectivity index (χ4n) is 5.06. The number of hydrogen-bond donors (Lipinski definition) is 1. The first kappa shape index (κ1) is 28.9. The van der Waals surface area contributed by atoms with Gasteiger partial charge in [0.1, 0.15) is 17.3 Å². The van der Waals surface area contributed by atoms with E-state index >= 15 is 0 Å². The largest absolute Gasteiger partial charge is 0.507 e. The van der Waals surface area contributed by atoms with Crippen LogP contribution in [0.15, 0.2) is 72.3 Å². The van der Waals surface area contributed by atoms with Crippen molar-refractivity contribution in [2.75, 3.05) is 18.1 Å². The number of aliphatic hydroxyl groups excluding tert-OH is 1. The van der Waals surface area contributed by atoms with Crippen LogP contribution in [-0.2, 0) is 15.0 Å². The quantitative estimate of drug-likeness (QED) is 0.181. The van der Waals surface area contributed by atoms with Crippen LogP contribution in [0.5, 0.6) is 11.5 Å². The van der Waals surface area contributed by atoms with Crippen LogP contribution in [0.1, 0.15) is 82.7 Å². The number of carbonyl (C=O) groups excluding carboxylic acids is 2. The molecule has 0 bridgehead atoms. The third-order valence-corrected chi connectivity index (χ3v) is 7.15. The molecule has 0 radical (unpaired) electrons. The summed E-state index contributed by atoms with van der Waals surface area (Å²) in [6, 6.07) is 19.6. The van der Waals surface area contributed by atoms with E-state index in [0.717, 1.165) is 22.4 Å². The molecule has 6 heteroatoms. The lowest BCUT2D eigenvalue weighted by molar-refractivity contribution is -0.132. The number of rotatable bonds is 8. The smallest absolute Gasteiger partial charge is 0.300 e. The predicted molar refractivity (Wildman–Crippen MR) is 159 cm³/mol. The van der Waals surface area contributed by atoms with E-state index in [0.29, 0.717) is 30.2 Å². The Morgan fingerprint density at radius 1 is 0.925 bits per heavy atom. The van der Waals surface area contributed by atoms with Crippen molar-refractivity contribution in [1.29, 1.82) is 0 Å². The molecule has 0 aliphatic carbocycles. The zero-order chi connectivity index (χ0) is 29.2. The minimum atomic E-state index is -0.819. The van der Waals surface area contributed by atoms with E-state index in [-0.39, 0.29) is 22.7 Å². The summed E-state index contributed by atoms with van der Waals surface area (Å²) in [4.78, 5) is 28.7. The maximum atomic E-state index is 13.6. The molecular weight excluding hydrogens is 502 g/mol. The Kier molecular flexibility index (Phi) is 8.38. The number of benzene rings is 3. The summed E-state index contributed by atoms with van der Waals surface area (Å²) in [7, 11) is 0. The van der Waals surface area contributed by atoms with Crippen LogP contribution in [0.25, 0.3) is 5.76 Å². The van der Waals surface area contributed by atoms with Crippen LogP contribution < -0.4 is 14.4 Å². The van der Waals surface area contributed by atoms with Crippen molar-refractivity contribution < 1.29 is 24.2 Å². The van der Waals surface area contributed by atoms with E-state index in [9.17, 15) is 14.7 Å². The fraction of sp³-hybridized carbons (Fsp3) is 0.353. The van der Waals surface area contributed by atoms with Crippen molar-refractivity contribution in [2.24, 2.45) is 0 Å². The van der Waals surface area contributed by atoms with Gasteiger partial charge in [0.2, 0.25) is 0 Å². The van der Waals surface area contributed by atoms with Crippen LogP contribution in [0.3, 0.4) is 0 Å². The molecule has 1 unspecified atom stereocenters. The van der Waals surface area contributed by atoms with Crippen molar-refractivity contribution in [2.45, 2.75) is 65.8 Å². The highest BCUT2D eigenvalue weighted by Crippen LogP contribution is 2.44. The molecule has 1 aliphatic heterocycles. The number of ether oxygens (including phenoxy) is 2. The van der Waals surface area contributed by atoms with E-state index in [1.807, 2.05) is 70.2 Å². The van der Waals surface area contributed by atoms with Gasteiger partial charge in [0.15, 0.2) is 0 Å². The SMILES string of the molecule is CCOc1cccc(N2C(=O)C(=O)/C(=C(\O)c3ccc(OCC)c(C(C)C)c3)C2c2ccc(C(C)(C)C)cc2)c1. The lowest BCUT2D eigenvalue weighted by Gasteiger charge is -2.27. The Morgan fingerprint density at radius 3 is 2.20 bits per heavy atom. The van der Waals surface area contributed by atoms with Gasteiger partial charge in [-0.25, -0.2) is 0 Å². The number of hydrogen-bond acceptors (Lipinski definition) is 5. The fourth-order valence-corrected chi connectivity index (χ4v) is 5.06. The number of Topliss-reactive ketones (excluding diaryl/α,β-unsaturated/α-hetero) is 1. The van der Waals surface area contributed by atoms with Crippen LogP contribution >= 0.6 is 0 Å². The standard InChI is InChI=1S/C34H39NO5/c1-8-39-26-12-10-11-25(20-26)35-30(22-13-16-24(17-14-22)34(5,6)7)29(32(37)33(35)38)31(36)23-15-18-28(40-9-2)27(19-23)21(3)4/h10-21,30,36H,8-9H2,1-7H3/b31-29-. The number of nitrogens with zero attached hydrogens (tertiary/aromatic N) is 1. The van der Waals surface area contributed by atoms with E-state index in [4.69, 9.17) is 9.47 Å². The van der Waals surface area contributed by atoms with Crippen molar-refractivity contribution in [1.82, 2.24) is 0 Å². The zero-order valence-electron chi connectivity index (χ0n) is 24.4. The highest BCUT2D eigenvalue weighted by atomic mass is 16.5. The Balaban J connectivity index is 1.93. The monoisotopic (exact) mass is 541 g/mol. The maximum absolute atomic E-state index is 13.6. The van der Waals surface area contributed by atoms with Crippen molar-refractivity contribution in [3.05, 3.63) is 94.6 Å². The lowest BCUT2D eigenvalue weighted by atomic mass is 9.85. The second kappa shape index (κ2) is 11.6. The average Bonchev–Trinajstić information content (AvgIpc) is 3.18. The molecule has 0 spiro atoms. The molecule has 0 saturated carbocycles. The summed E-state index contributed by atoms with van der Waals surface area (Å²) in [6.07, 6.45) is 0. The van der Waals surface area contributed by atoms with Crippen molar-refractivity contribution in [3.8, 4) is 11.5 Å². The molecule has 1 saturated heterocycles. The lowest BCUT2D eigenvalue weighted by Crippen LogP contribution is -2.29. The minimum absolute atomic E-state index is 0.0502. The molecule has 40 heavy (non-hydrogen) atoms. The summed E-state index contributed by atoms with van der Waals surface area (Å²) in [5, 5.41) is 11.7. The summed E-state index contributed by atoms with van der Waals surface area (Å²) < 4.78 is 11.5. The van der Waals surface area contributed by atoms with Crippen molar-refractivity contribution >= 4 is 23.1 Å². The topological polar surface area (TPSA) is 76.1 Å². The third kappa shape index (κ3) is 5.62. The van der Waals surface area contributed by atoms with Gasteiger partial charge in [0.05, 0.1) is 24.8 Å². The molecule has 210 valence electrons. The number of ketones is 1. The molecule has 3 aromatic carbocycles. The molecular formula is C34H39NO5. The normalized spacial score (nSPS) is 17.0. The van der Waals surface area contributed by atoms with E-state index in [2.05, 4.69) is 20.8 Å². The van der Waals surface area contributed by atoms with Gasteiger partial charge in [0, 0.05) is 17.3 Å². The molecule has 1 atom stereocenters. The van der Waals surface area contributed by atoms with Crippen LogP contribution in [0.2, 0.25) is 0 Å². The van der Waals surface area contributed by atoms with Gasteiger partial charge in [-0.2, -0.15) is 0 Å². The van der Waals surface area contributed by atoms with Crippen LogP contribution in [0.4, 0.5) is 5.69 Å². The second-order valence-electron chi connectivity index (χ2n) is 11.3. The predicted octanol–water partition coefficient (Wildman–Crippen LogP) is 7.53. The molecule has 1 aliphatic rings. The molecule has 1 amide bonds. The first-order valence-corrected chi connectivity index (χ1v) is 13.9. The van der Waals surface area contributed by atoms with Crippen LogP contribution in [-0.4, -0.2) is 30.0 Å². The Labute approximate surface area is 237 Å². The Bertz CT molecular complexity index is 1430. The van der Waals surface area contributed by atoms with Gasteiger partial charge in [-0.3, -0.25) is 14.5 Å². The van der Waals surface area contributed by atoms with Gasteiger partial charge in [-0.15, -0.1) is 0 Å². The number of carbonyl (C=O) groups is 2. The zero-order valence-corrected chi connectivity index (χ0v) is 24.4. The van der Waals surface area contributed by atoms with Gasteiger partial charge < -0.3 is 14.6 Å². The van der Waals surface area contributed by atoms with Gasteiger partial charge >= 0.3 is 0 Å². The number of anilines is 1. The highest BCUT2D eigenvalue weighted by Gasteiger charge is 2.47. The number of aliphatic hydroxyl groups is 1. The first-order chi connectivity index (χ1) is 19.0. The molecule has 1 heterocycles. The van der Waals surface area contributed by atoms with E-state index in [1.54, 1.807) is 24.3 Å². The summed E-state index contributed by atoms with van der Waals surface area (Å²) >= 11 is 0. The Morgan fingerprint density at radius 2 is 1.60 bits per heavy atom. The maximum Gasteiger partial charge on any atom is 0.300 e. The molecule has 6 nitrogen and oxygen atoms in total. The van der Waals surface area contributed by atoms with E-state index < -0.39 is 17.7 Å². The molecule has 0 aromatic heterocycles. The molecule has 3 aromatic rings.